The number of benzene rings is 2. The largest absolute Gasteiger partial charge is 0.507 e. The lowest BCUT2D eigenvalue weighted by Crippen LogP contribution is -2.54. The molecule has 2 aliphatic heterocycles. The number of anilines is 1. The van der Waals surface area contributed by atoms with Crippen LogP contribution in [0.25, 0.3) is 5.70 Å². The fourth-order valence-corrected chi connectivity index (χ4v) is 6.24. The summed E-state index contributed by atoms with van der Waals surface area (Å²) >= 11 is 0. The van der Waals surface area contributed by atoms with Crippen LogP contribution >= 0.6 is 0 Å². The fraction of sp³-hybridized carbons (Fsp3) is 0.429. The highest BCUT2D eigenvalue weighted by atomic mass is 19.1. The Labute approximate surface area is 206 Å². The van der Waals surface area contributed by atoms with Crippen molar-refractivity contribution in [3.63, 3.8) is 0 Å². The number of halogens is 1. The van der Waals surface area contributed by atoms with Gasteiger partial charge in [-0.05, 0) is 73.6 Å². The smallest absolute Gasteiger partial charge is 0.126 e. The summed E-state index contributed by atoms with van der Waals surface area (Å²) in [6, 6.07) is 13.2. The molecule has 6 nitrogen and oxygen atoms in total. The van der Waals surface area contributed by atoms with E-state index in [4.69, 9.17) is 17.2 Å². The summed E-state index contributed by atoms with van der Waals surface area (Å²) in [4.78, 5) is 4.68. The van der Waals surface area contributed by atoms with Crippen LogP contribution in [0.15, 0.2) is 60.1 Å². The molecule has 5 rings (SSSR count). The zero-order valence-corrected chi connectivity index (χ0v) is 20.2. The van der Waals surface area contributed by atoms with E-state index in [0.29, 0.717) is 22.9 Å². The number of nitrogens with two attached hydrogens (primary N) is 3. The topological polar surface area (TPSA) is 105 Å². The quantitative estimate of drug-likeness (QED) is 0.478. The summed E-state index contributed by atoms with van der Waals surface area (Å²) in [7, 11) is 0. The standard InChI is InChI=1S/C28H36FN5O/c29-24-13-12-19(14-23(24)18-6-2-1-3-7-18)34-20-10-11-21(34)17-33(16-20)26(28(31)32)15-25(30)22-8-4-5-9-27(22)35/h4-5,8-9,12-15,18,20-21,35H,1-3,6-7,10-11,16-17,30-32H2/b25-15-. The van der Waals surface area contributed by atoms with Crippen LogP contribution in [0.2, 0.25) is 0 Å². The van der Waals surface area contributed by atoms with Crippen molar-refractivity contribution < 1.29 is 9.50 Å². The number of piperazine rings is 1. The second-order valence-electron chi connectivity index (χ2n) is 10.2. The molecule has 2 unspecified atom stereocenters. The van der Waals surface area contributed by atoms with E-state index in [1.54, 1.807) is 30.3 Å². The lowest BCUT2D eigenvalue weighted by atomic mass is 9.83. The number of allylic oxidation sites excluding steroid dienone is 1. The molecule has 35 heavy (non-hydrogen) atoms. The molecule has 3 aliphatic rings. The third kappa shape index (κ3) is 4.64. The van der Waals surface area contributed by atoms with Crippen LogP contribution in [0, 0.1) is 5.82 Å². The lowest BCUT2D eigenvalue weighted by molar-refractivity contribution is 0.277. The Hall–Kier alpha value is -3.35. The van der Waals surface area contributed by atoms with E-state index in [9.17, 15) is 9.50 Å². The van der Waals surface area contributed by atoms with Crippen LogP contribution in [0.3, 0.4) is 0 Å². The summed E-state index contributed by atoms with van der Waals surface area (Å²) in [6.07, 6.45) is 9.68. The number of nitrogens with zero attached hydrogens (tertiary/aromatic N) is 2. The van der Waals surface area contributed by atoms with Gasteiger partial charge in [0.1, 0.15) is 17.4 Å². The average Bonchev–Trinajstić information content (AvgIpc) is 3.12. The van der Waals surface area contributed by atoms with Crippen molar-refractivity contribution in [3.8, 4) is 5.75 Å². The maximum atomic E-state index is 14.8. The molecule has 0 spiro atoms. The van der Waals surface area contributed by atoms with Gasteiger partial charge in [0.2, 0.25) is 0 Å². The van der Waals surface area contributed by atoms with Crippen LogP contribution in [0.1, 0.15) is 62.0 Å². The van der Waals surface area contributed by atoms with Crippen molar-refractivity contribution >= 4 is 11.4 Å². The van der Waals surface area contributed by atoms with Gasteiger partial charge >= 0.3 is 0 Å². The first kappa shape index (κ1) is 23.4. The van der Waals surface area contributed by atoms with Crippen molar-refractivity contribution in [1.29, 1.82) is 0 Å². The predicted octanol–water partition coefficient (Wildman–Crippen LogP) is 4.32. The van der Waals surface area contributed by atoms with Crippen molar-refractivity contribution in [1.82, 2.24) is 4.90 Å². The molecular weight excluding hydrogens is 441 g/mol. The Balaban J connectivity index is 1.38. The maximum Gasteiger partial charge on any atom is 0.126 e. The highest BCUT2D eigenvalue weighted by Crippen LogP contribution is 2.40. The maximum absolute atomic E-state index is 14.8. The third-order valence-corrected chi connectivity index (χ3v) is 7.95. The molecular formula is C28H36FN5O. The van der Waals surface area contributed by atoms with E-state index in [1.165, 1.54) is 19.3 Å². The summed E-state index contributed by atoms with van der Waals surface area (Å²) in [5.41, 5.74) is 22.2. The molecule has 2 bridgehead atoms. The lowest BCUT2D eigenvalue weighted by Gasteiger charge is -2.44. The first-order valence-corrected chi connectivity index (χ1v) is 12.8. The minimum Gasteiger partial charge on any atom is -0.507 e. The van der Waals surface area contributed by atoms with Gasteiger partial charge in [0, 0.05) is 42.1 Å². The Kier molecular flexibility index (Phi) is 6.50. The first-order chi connectivity index (χ1) is 16.9. The monoisotopic (exact) mass is 477 g/mol. The summed E-state index contributed by atoms with van der Waals surface area (Å²) < 4.78 is 14.8. The number of fused-ring (bicyclic) bond motifs is 2. The molecule has 0 radical (unpaired) electrons. The second-order valence-corrected chi connectivity index (χ2v) is 10.2. The van der Waals surface area contributed by atoms with Gasteiger partial charge in [-0.25, -0.2) is 4.39 Å². The molecule has 2 heterocycles. The molecule has 2 saturated heterocycles. The Bertz CT molecular complexity index is 1120. The van der Waals surface area contributed by atoms with Crippen LogP contribution in [0.5, 0.6) is 5.75 Å². The average molecular weight is 478 g/mol. The molecule has 0 amide bonds. The molecule has 7 N–H and O–H groups in total. The van der Waals surface area contributed by atoms with E-state index in [0.717, 1.165) is 50.0 Å². The Morgan fingerprint density at radius 1 is 0.914 bits per heavy atom. The fourth-order valence-electron chi connectivity index (χ4n) is 6.24. The van der Waals surface area contributed by atoms with Gasteiger partial charge in [-0.15, -0.1) is 0 Å². The molecule has 3 fully saturated rings. The van der Waals surface area contributed by atoms with Crippen LogP contribution in [-0.4, -0.2) is 35.2 Å². The highest BCUT2D eigenvalue weighted by molar-refractivity contribution is 5.70. The van der Waals surface area contributed by atoms with E-state index < -0.39 is 0 Å². The first-order valence-electron chi connectivity index (χ1n) is 12.8. The molecule has 0 aromatic heterocycles. The number of aromatic hydroxyl groups is 1. The zero-order chi connectivity index (χ0) is 24.5. The Morgan fingerprint density at radius 3 is 2.26 bits per heavy atom. The third-order valence-electron chi connectivity index (χ3n) is 7.95. The molecule has 7 heteroatoms. The van der Waals surface area contributed by atoms with Crippen LogP contribution in [-0.2, 0) is 0 Å². The van der Waals surface area contributed by atoms with E-state index in [-0.39, 0.29) is 29.5 Å². The summed E-state index contributed by atoms with van der Waals surface area (Å²) in [5, 5.41) is 10.2. The SMILES string of the molecule is NC(N)=C(/C=C(\N)c1ccccc1O)N1CC2CCC(C1)N2c1ccc(F)c(C2CCCCC2)c1. The summed E-state index contributed by atoms with van der Waals surface area (Å²) in [5.74, 6) is 0.581. The highest BCUT2D eigenvalue weighted by Gasteiger charge is 2.41. The number of rotatable bonds is 5. The van der Waals surface area contributed by atoms with Gasteiger partial charge in [-0.3, -0.25) is 0 Å². The minimum atomic E-state index is -0.0717. The number of hydrogen-bond acceptors (Lipinski definition) is 6. The van der Waals surface area contributed by atoms with Crippen molar-refractivity contribution in [3.05, 3.63) is 77.0 Å². The number of phenolic OH excluding ortho intramolecular Hbond substituents is 1. The van der Waals surface area contributed by atoms with Gasteiger partial charge in [0.05, 0.1) is 5.70 Å². The molecule has 1 aliphatic carbocycles. The number of hydrogen-bond donors (Lipinski definition) is 4. The molecule has 2 aromatic carbocycles. The minimum absolute atomic E-state index is 0.0717. The van der Waals surface area contributed by atoms with Crippen LogP contribution in [0.4, 0.5) is 10.1 Å². The van der Waals surface area contributed by atoms with Gasteiger partial charge in [-0.2, -0.15) is 0 Å². The predicted molar refractivity (Wildman–Crippen MR) is 139 cm³/mol. The molecule has 1 saturated carbocycles. The number of phenols is 1. The molecule has 186 valence electrons. The van der Waals surface area contributed by atoms with Crippen LogP contribution < -0.4 is 22.1 Å². The summed E-state index contributed by atoms with van der Waals surface area (Å²) in [6.45, 7) is 1.51. The van der Waals surface area contributed by atoms with E-state index in [1.807, 2.05) is 12.1 Å². The zero-order valence-electron chi connectivity index (χ0n) is 20.2. The van der Waals surface area contributed by atoms with Crippen molar-refractivity contribution in [2.45, 2.75) is 62.9 Å². The second kappa shape index (κ2) is 9.72. The van der Waals surface area contributed by atoms with Gasteiger partial charge in [-0.1, -0.05) is 31.4 Å². The van der Waals surface area contributed by atoms with Crippen molar-refractivity contribution in [2.75, 3.05) is 18.0 Å². The van der Waals surface area contributed by atoms with E-state index >= 15 is 0 Å². The van der Waals surface area contributed by atoms with Gasteiger partial charge < -0.3 is 32.1 Å². The Morgan fingerprint density at radius 2 is 1.60 bits per heavy atom. The molecule has 2 aromatic rings. The van der Waals surface area contributed by atoms with Gasteiger partial charge in [0.15, 0.2) is 0 Å². The van der Waals surface area contributed by atoms with E-state index in [2.05, 4.69) is 15.9 Å². The molecule has 2 atom stereocenters. The number of para-hydroxylation sites is 1. The van der Waals surface area contributed by atoms with Crippen molar-refractivity contribution in [2.24, 2.45) is 17.2 Å². The van der Waals surface area contributed by atoms with Gasteiger partial charge in [0.25, 0.3) is 0 Å². The number of likely N-dealkylation sites (tertiary alicyclic amines) is 1. The normalized spacial score (nSPS) is 22.9.